The number of fused-ring (bicyclic) bond motifs is 1. The zero-order chi connectivity index (χ0) is 10.1. The van der Waals surface area contributed by atoms with Gasteiger partial charge in [-0.1, -0.05) is 20.8 Å². The van der Waals surface area contributed by atoms with Crippen LogP contribution in [0.3, 0.4) is 0 Å². The molecule has 0 saturated heterocycles. The van der Waals surface area contributed by atoms with Crippen LogP contribution >= 0.6 is 0 Å². The largest absolute Gasteiger partial charge is 0.327 e. The van der Waals surface area contributed by atoms with Gasteiger partial charge >= 0.3 is 0 Å². The monoisotopic (exact) mass is 189 g/mol. The molecule has 2 aromatic rings. The van der Waals surface area contributed by atoms with E-state index >= 15 is 0 Å². The Morgan fingerprint density at radius 1 is 1.43 bits per heavy atom. The molecule has 2 aromatic heterocycles. The number of imidazole rings is 1. The Balaban J connectivity index is 2.66. The molecule has 1 N–H and O–H groups in total. The van der Waals surface area contributed by atoms with Crippen LogP contribution in [0.25, 0.3) is 11.2 Å². The summed E-state index contributed by atoms with van der Waals surface area (Å²) in [5.74, 6) is 1.51. The molecule has 14 heavy (non-hydrogen) atoms. The second-order valence-electron chi connectivity index (χ2n) is 3.79. The third-order valence-electron chi connectivity index (χ3n) is 2.42. The predicted molar refractivity (Wildman–Crippen MR) is 57.4 cm³/mol. The zero-order valence-corrected chi connectivity index (χ0v) is 8.83. The first kappa shape index (κ1) is 9.19. The van der Waals surface area contributed by atoms with Crippen LogP contribution in [0.2, 0.25) is 0 Å². The Morgan fingerprint density at radius 2 is 2.21 bits per heavy atom. The molecule has 3 nitrogen and oxygen atoms in total. The number of rotatable bonds is 2. The van der Waals surface area contributed by atoms with E-state index in [0.717, 1.165) is 23.4 Å². The van der Waals surface area contributed by atoms with Gasteiger partial charge in [-0.25, -0.2) is 9.97 Å². The smallest absolute Gasteiger partial charge is 0.157 e. The van der Waals surface area contributed by atoms with E-state index in [1.165, 1.54) is 5.56 Å². The zero-order valence-electron chi connectivity index (χ0n) is 8.83. The quantitative estimate of drug-likeness (QED) is 0.789. The Bertz CT molecular complexity index is 443. The van der Waals surface area contributed by atoms with Crippen molar-refractivity contribution in [2.45, 2.75) is 33.1 Å². The first-order chi connectivity index (χ1) is 6.72. The van der Waals surface area contributed by atoms with Crippen molar-refractivity contribution in [2.75, 3.05) is 0 Å². The molecule has 2 rings (SSSR count). The van der Waals surface area contributed by atoms with Crippen LogP contribution in [0.1, 0.15) is 38.1 Å². The molecule has 0 bridgehead atoms. The van der Waals surface area contributed by atoms with Gasteiger partial charge in [-0.2, -0.15) is 0 Å². The van der Waals surface area contributed by atoms with Crippen LogP contribution in [-0.4, -0.2) is 15.0 Å². The Kier molecular flexibility index (Phi) is 2.23. The van der Waals surface area contributed by atoms with Crippen LogP contribution in [0.4, 0.5) is 0 Å². The van der Waals surface area contributed by atoms with Crippen LogP contribution in [0.5, 0.6) is 0 Å². The first-order valence-corrected chi connectivity index (χ1v) is 5.06. The minimum absolute atomic E-state index is 0.494. The van der Waals surface area contributed by atoms with Crippen molar-refractivity contribution in [1.29, 1.82) is 0 Å². The summed E-state index contributed by atoms with van der Waals surface area (Å²) in [5, 5.41) is 0. The highest BCUT2D eigenvalue weighted by Gasteiger charge is 2.09. The molecule has 74 valence electrons. The lowest BCUT2D eigenvalue weighted by molar-refractivity contribution is 0.870. The average molecular weight is 189 g/mol. The van der Waals surface area contributed by atoms with Gasteiger partial charge in [-0.3, -0.25) is 0 Å². The van der Waals surface area contributed by atoms with Gasteiger partial charge in [0.1, 0.15) is 11.3 Å². The molecule has 0 atom stereocenters. The fraction of sp³-hybridized carbons (Fsp3) is 0.455. The maximum atomic E-state index is 4.53. The first-order valence-electron chi connectivity index (χ1n) is 5.06. The summed E-state index contributed by atoms with van der Waals surface area (Å²) in [6, 6.07) is 2.05. The van der Waals surface area contributed by atoms with Gasteiger partial charge in [0, 0.05) is 12.6 Å². The van der Waals surface area contributed by atoms with Gasteiger partial charge < -0.3 is 4.98 Å². The molecule has 0 fully saturated rings. The van der Waals surface area contributed by atoms with Crippen molar-refractivity contribution < 1.29 is 0 Å². The van der Waals surface area contributed by atoms with Gasteiger partial charge in [-0.05, 0) is 17.5 Å². The number of nitrogens with zero attached hydrogens (tertiary/aromatic N) is 2. The molecule has 3 heteroatoms. The van der Waals surface area contributed by atoms with Gasteiger partial charge in [0.15, 0.2) is 5.65 Å². The van der Waals surface area contributed by atoms with Gasteiger partial charge in [0.05, 0.1) is 0 Å². The molecular weight excluding hydrogens is 174 g/mol. The average Bonchev–Trinajstić information content (AvgIpc) is 2.59. The summed E-state index contributed by atoms with van der Waals surface area (Å²) in [6.45, 7) is 6.44. The maximum absolute atomic E-state index is 4.53. The summed E-state index contributed by atoms with van der Waals surface area (Å²) in [5.41, 5.74) is 3.21. The highest BCUT2D eigenvalue weighted by molar-refractivity contribution is 5.75. The molecule has 0 aliphatic heterocycles. The maximum Gasteiger partial charge on any atom is 0.157 e. The van der Waals surface area contributed by atoms with E-state index in [0.29, 0.717) is 5.92 Å². The lowest BCUT2D eigenvalue weighted by Gasteiger charge is -2.03. The van der Waals surface area contributed by atoms with E-state index < -0.39 is 0 Å². The number of hydrogen-bond donors (Lipinski definition) is 1. The number of aryl methyl sites for hydroxylation is 1. The summed E-state index contributed by atoms with van der Waals surface area (Å²) in [7, 11) is 0. The third-order valence-corrected chi connectivity index (χ3v) is 2.42. The minimum Gasteiger partial charge on any atom is -0.327 e. The molecule has 0 saturated carbocycles. The van der Waals surface area contributed by atoms with E-state index in [1.54, 1.807) is 0 Å². The van der Waals surface area contributed by atoms with Gasteiger partial charge in [0.2, 0.25) is 0 Å². The van der Waals surface area contributed by atoms with Gasteiger partial charge in [-0.15, -0.1) is 0 Å². The molecular formula is C11H15N3. The number of aromatic amines is 1. The lowest BCUT2D eigenvalue weighted by Crippen LogP contribution is -1.90. The number of hydrogen-bond acceptors (Lipinski definition) is 2. The molecule has 0 radical (unpaired) electrons. The highest BCUT2D eigenvalue weighted by atomic mass is 15.0. The van der Waals surface area contributed by atoms with Crippen molar-refractivity contribution in [3.8, 4) is 0 Å². The summed E-state index contributed by atoms with van der Waals surface area (Å²) >= 11 is 0. The Hall–Kier alpha value is -1.38. The normalized spacial score (nSPS) is 11.4. The molecule has 0 spiro atoms. The third kappa shape index (κ3) is 1.39. The fourth-order valence-corrected chi connectivity index (χ4v) is 1.61. The van der Waals surface area contributed by atoms with Crippen molar-refractivity contribution in [3.63, 3.8) is 0 Å². The van der Waals surface area contributed by atoms with E-state index in [1.807, 2.05) is 12.3 Å². The van der Waals surface area contributed by atoms with Gasteiger partial charge in [0.25, 0.3) is 0 Å². The van der Waals surface area contributed by atoms with E-state index in [2.05, 4.69) is 35.7 Å². The molecule has 2 heterocycles. The molecule has 0 aromatic carbocycles. The summed E-state index contributed by atoms with van der Waals surface area (Å²) in [4.78, 5) is 12.0. The standard InChI is InChI=1S/C11H15N3/c1-4-9-13-10-8(7(2)3)5-6-12-11(10)14-9/h5-7H,4H2,1-3H3,(H,12,13,14). The highest BCUT2D eigenvalue weighted by Crippen LogP contribution is 2.21. The SMILES string of the molecule is CCc1nc2c(C(C)C)ccnc2[nH]1. The Morgan fingerprint density at radius 3 is 2.86 bits per heavy atom. The summed E-state index contributed by atoms with van der Waals surface area (Å²) < 4.78 is 0. The molecule has 0 unspecified atom stereocenters. The number of nitrogens with one attached hydrogen (secondary N) is 1. The van der Waals surface area contributed by atoms with Crippen LogP contribution in [-0.2, 0) is 6.42 Å². The number of pyridine rings is 1. The van der Waals surface area contributed by atoms with E-state index in [-0.39, 0.29) is 0 Å². The molecule has 0 aliphatic carbocycles. The minimum atomic E-state index is 0.494. The van der Waals surface area contributed by atoms with E-state index in [4.69, 9.17) is 0 Å². The van der Waals surface area contributed by atoms with Crippen molar-refractivity contribution >= 4 is 11.2 Å². The second kappa shape index (κ2) is 3.40. The van der Waals surface area contributed by atoms with Crippen molar-refractivity contribution in [1.82, 2.24) is 15.0 Å². The predicted octanol–water partition coefficient (Wildman–Crippen LogP) is 2.64. The van der Waals surface area contributed by atoms with Crippen LogP contribution in [0.15, 0.2) is 12.3 Å². The topological polar surface area (TPSA) is 41.6 Å². The van der Waals surface area contributed by atoms with E-state index in [9.17, 15) is 0 Å². The fourth-order valence-electron chi connectivity index (χ4n) is 1.61. The van der Waals surface area contributed by atoms with Crippen LogP contribution in [0, 0.1) is 0 Å². The second-order valence-corrected chi connectivity index (χ2v) is 3.79. The van der Waals surface area contributed by atoms with Crippen molar-refractivity contribution in [2.24, 2.45) is 0 Å². The van der Waals surface area contributed by atoms with Crippen molar-refractivity contribution in [3.05, 3.63) is 23.7 Å². The Labute approximate surface area is 83.6 Å². The number of aromatic nitrogens is 3. The molecule has 0 amide bonds. The lowest BCUT2D eigenvalue weighted by atomic mass is 10.0. The molecule has 0 aliphatic rings. The number of H-pyrrole nitrogens is 1. The van der Waals surface area contributed by atoms with Crippen LogP contribution < -0.4 is 0 Å². The summed E-state index contributed by atoms with van der Waals surface area (Å²) in [6.07, 6.45) is 2.77.